The monoisotopic (exact) mass is 404 g/mol. The van der Waals surface area contributed by atoms with Gasteiger partial charge in [0.1, 0.15) is 0 Å². The van der Waals surface area contributed by atoms with Gasteiger partial charge < -0.3 is 19.5 Å². The van der Waals surface area contributed by atoms with Gasteiger partial charge in [-0.25, -0.2) is 0 Å². The van der Waals surface area contributed by atoms with Crippen molar-refractivity contribution in [3.63, 3.8) is 0 Å². The van der Waals surface area contributed by atoms with Crippen LogP contribution in [-0.4, -0.2) is 58.4 Å². The Morgan fingerprint density at radius 3 is 2.71 bits per heavy atom. The highest BCUT2D eigenvalue weighted by Gasteiger charge is 2.32. The number of hydrogen-bond acceptors (Lipinski definition) is 6. The molecule has 1 aliphatic rings. The van der Waals surface area contributed by atoms with E-state index in [4.69, 9.17) is 14.2 Å². The van der Waals surface area contributed by atoms with Crippen molar-refractivity contribution in [2.45, 2.75) is 18.9 Å². The Bertz CT molecular complexity index is 779. The van der Waals surface area contributed by atoms with Crippen molar-refractivity contribution in [2.75, 3.05) is 47.6 Å². The quantitative estimate of drug-likeness (QED) is 0.652. The summed E-state index contributed by atoms with van der Waals surface area (Å²) in [6, 6.07) is 8.34. The number of methoxy groups -OCH3 is 3. The summed E-state index contributed by atoms with van der Waals surface area (Å²) >= 11 is 1.71. The zero-order chi connectivity index (χ0) is 19.9. The summed E-state index contributed by atoms with van der Waals surface area (Å²) in [5, 5.41) is 5.07. The molecule has 1 atom stereocenters. The third-order valence-electron chi connectivity index (χ3n) is 4.98. The number of fused-ring (bicyclic) bond motifs is 1. The maximum atomic E-state index is 12.5. The minimum atomic E-state index is 0.0354. The molecule has 0 saturated heterocycles. The number of amides is 1. The number of nitrogens with one attached hydrogen (secondary N) is 1. The molecule has 7 heteroatoms. The van der Waals surface area contributed by atoms with Gasteiger partial charge in [0, 0.05) is 31.7 Å². The molecule has 6 nitrogen and oxygen atoms in total. The summed E-state index contributed by atoms with van der Waals surface area (Å²) in [7, 11) is 4.98. The maximum Gasteiger partial charge on any atom is 0.234 e. The fourth-order valence-electron chi connectivity index (χ4n) is 3.63. The van der Waals surface area contributed by atoms with E-state index >= 15 is 0 Å². The Morgan fingerprint density at radius 2 is 2.04 bits per heavy atom. The van der Waals surface area contributed by atoms with E-state index in [-0.39, 0.29) is 11.9 Å². The molecular weight excluding hydrogens is 376 g/mol. The molecule has 0 bridgehead atoms. The average Bonchev–Trinajstić information content (AvgIpc) is 3.24. The SMILES string of the molecule is COCCCNC(=O)CN1CCc2cc(OC)c(OC)cc2C1c1cccs1. The van der Waals surface area contributed by atoms with Crippen molar-refractivity contribution >= 4 is 17.2 Å². The van der Waals surface area contributed by atoms with Gasteiger partial charge in [-0.15, -0.1) is 11.3 Å². The lowest BCUT2D eigenvalue weighted by Crippen LogP contribution is -2.43. The van der Waals surface area contributed by atoms with E-state index in [1.54, 1.807) is 32.7 Å². The Kier molecular flexibility index (Phi) is 7.30. The fraction of sp³-hybridized carbons (Fsp3) is 0.476. The average molecular weight is 405 g/mol. The molecule has 1 amide bonds. The van der Waals surface area contributed by atoms with Crippen molar-refractivity contribution < 1.29 is 19.0 Å². The Balaban J connectivity index is 1.84. The van der Waals surface area contributed by atoms with Crippen LogP contribution in [0.15, 0.2) is 29.6 Å². The molecule has 2 heterocycles. The molecule has 0 radical (unpaired) electrons. The molecule has 28 heavy (non-hydrogen) atoms. The molecule has 1 aliphatic heterocycles. The highest BCUT2D eigenvalue weighted by Crippen LogP contribution is 2.41. The van der Waals surface area contributed by atoms with Crippen LogP contribution in [0.2, 0.25) is 0 Å². The van der Waals surface area contributed by atoms with Gasteiger partial charge >= 0.3 is 0 Å². The lowest BCUT2D eigenvalue weighted by molar-refractivity contribution is -0.122. The topological polar surface area (TPSA) is 60.0 Å². The van der Waals surface area contributed by atoms with Crippen LogP contribution in [0.1, 0.15) is 28.5 Å². The van der Waals surface area contributed by atoms with Crippen molar-refractivity contribution in [3.8, 4) is 11.5 Å². The molecule has 0 spiro atoms. The second-order valence-corrected chi connectivity index (χ2v) is 7.72. The van der Waals surface area contributed by atoms with Crippen LogP contribution < -0.4 is 14.8 Å². The Labute approximate surface area is 170 Å². The number of thiophene rings is 1. The van der Waals surface area contributed by atoms with E-state index in [9.17, 15) is 4.79 Å². The number of carbonyl (C=O) groups is 1. The first-order valence-corrected chi connectivity index (χ1v) is 10.3. The molecule has 3 rings (SSSR count). The van der Waals surface area contributed by atoms with E-state index in [1.165, 1.54) is 16.0 Å². The van der Waals surface area contributed by atoms with E-state index in [0.29, 0.717) is 25.4 Å². The molecule has 152 valence electrons. The summed E-state index contributed by atoms with van der Waals surface area (Å²) < 4.78 is 16.0. The zero-order valence-electron chi connectivity index (χ0n) is 16.7. The van der Waals surface area contributed by atoms with E-state index in [0.717, 1.165) is 25.1 Å². The van der Waals surface area contributed by atoms with Crippen molar-refractivity contribution in [1.82, 2.24) is 10.2 Å². The Morgan fingerprint density at radius 1 is 1.25 bits per heavy atom. The van der Waals surface area contributed by atoms with Gasteiger partial charge in [0.05, 0.1) is 26.8 Å². The molecule has 1 aromatic carbocycles. The summed E-state index contributed by atoms with van der Waals surface area (Å²) in [6.45, 7) is 2.46. The highest BCUT2D eigenvalue weighted by atomic mass is 32.1. The van der Waals surface area contributed by atoms with Crippen LogP contribution in [-0.2, 0) is 16.0 Å². The van der Waals surface area contributed by atoms with Gasteiger partial charge in [-0.1, -0.05) is 6.07 Å². The number of hydrogen-bond donors (Lipinski definition) is 1. The lowest BCUT2D eigenvalue weighted by Gasteiger charge is -2.37. The summed E-state index contributed by atoms with van der Waals surface area (Å²) in [5.41, 5.74) is 2.42. The fourth-order valence-corrected chi connectivity index (χ4v) is 4.51. The van der Waals surface area contributed by atoms with Crippen molar-refractivity contribution in [1.29, 1.82) is 0 Å². The maximum absolute atomic E-state index is 12.5. The largest absolute Gasteiger partial charge is 0.493 e. The first-order chi connectivity index (χ1) is 13.7. The van der Waals surface area contributed by atoms with E-state index < -0.39 is 0 Å². The van der Waals surface area contributed by atoms with Crippen LogP contribution >= 0.6 is 11.3 Å². The summed E-state index contributed by atoms with van der Waals surface area (Å²) in [4.78, 5) is 16.0. The Hall–Kier alpha value is -2.09. The van der Waals surface area contributed by atoms with Crippen LogP contribution in [0.4, 0.5) is 0 Å². The number of rotatable bonds is 9. The van der Waals surface area contributed by atoms with Gasteiger partial charge in [-0.2, -0.15) is 0 Å². The van der Waals surface area contributed by atoms with Gasteiger partial charge in [0.15, 0.2) is 11.5 Å². The first-order valence-electron chi connectivity index (χ1n) is 9.45. The number of ether oxygens (including phenoxy) is 3. The minimum absolute atomic E-state index is 0.0354. The summed E-state index contributed by atoms with van der Waals surface area (Å²) in [6.07, 6.45) is 1.69. The highest BCUT2D eigenvalue weighted by molar-refractivity contribution is 7.10. The third-order valence-corrected chi connectivity index (χ3v) is 5.90. The molecule has 2 aromatic rings. The third kappa shape index (κ3) is 4.66. The number of carbonyl (C=O) groups excluding carboxylic acids is 1. The van der Waals surface area contributed by atoms with Crippen LogP contribution in [0, 0.1) is 0 Å². The minimum Gasteiger partial charge on any atom is -0.493 e. The standard InChI is InChI=1S/C21H28N2O4S/c1-25-10-5-8-22-20(24)14-23-9-7-15-12-17(26-2)18(27-3)13-16(15)21(23)19-6-4-11-28-19/h4,6,11-13,21H,5,7-10,14H2,1-3H3,(H,22,24). The molecular formula is C21H28N2O4S. The second kappa shape index (κ2) is 9.91. The number of nitrogens with zero attached hydrogens (tertiary/aromatic N) is 1. The second-order valence-electron chi connectivity index (χ2n) is 6.74. The normalized spacial score (nSPS) is 16.5. The van der Waals surface area contributed by atoms with E-state index in [1.807, 2.05) is 0 Å². The predicted molar refractivity (Wildman–Crippen MR) is 110 cm³/mol. The van der Waals surface area contributed by atoms with Gasteiger partial charge in [-0.05, 0) is 47.5 Å². The molecule has 1 aromatic heterocycles. The zero-order valence-corrected chi connectivity index (χ0v) is 17.5. The molecule has 0 aliphatic carbocycles. The van der Waals surface area contributed by atoms with Crippen molar-refractivity contribution in [2.24, 2.45) is 0 Å². The van der Waals surface area contributed by atoms with E-state index in [2.05, 4.69) is 39.9 Å². The molecule has 0 saturated carbocycles. The molecule has 1 N–H and O–H groups in total. The summed E-state index contributed by atoms with van der Waals surface area (Å²) in [5.74, 6) is 1.51. The lowest BCUT2D eigenvalue weighted by atomic mass is 9.91. The van der Waals surface area contributed by atoms with Crippen LogP contribution in [0.5, 0.6) is 11.5 Å². The van der Waals surface area contributed by atoms with Crippen molar-refractivity contribution in [3.05, 3.63) is 45.6 Å². The van der Waals surface area contributed by atoms with Gasteiger partial charge in [-0.3, -0.25) is 9.69 Å². The first kappa shape index (κ1) is 20.6. The van der Waals surface area contributed by atoms with Crippen LogP contribution in [0.25, 0.3) is 0 Å². The predicted octanol–water partition coefficient (Wildman–Crippen LogP) is 2.87. The smallest absolute Gasteiger partial charge is 0.234 e. The molecule has 0 fully saturated rings. The number of benzene rings is 1. The van der Waals surface area contributed by atoms with Crippen LogP contribution in [0.3, 0.4) is 0 Å². The molecule has 1 unspecified atom stereocenters. The van der Waals surface area contributed by atoms with Gasteiger partial charge in [0.2, 0.25) is 5.91 Å². The van der Waals surface area contributed by atoms with Gasteiger partial charge in [0.25, 0.3) is 0 Å².